The van der Waals surface area contributed by atoms with Crippen molar-refractivity contribution in [2.75, 3.05) is 5.32 Å². The number of aromatic nitrogens is 6. The normalized spacial score (nSPS) is 11.2. The van der Waals surface area contributed by atoms with Crippen LogP contribution < -0.4 is 10.9 Å². The molecule has 34 heavy (non-hydrogen) atoms. The van der Waals surface area contributed by atoms with Gasteiger partial charge < -0.3 is 5.32 Å². The van der Waals surface area contributed by atoms with Crippen molar-refractivity contribution in [3.8, 4) is 11.6 Å². The number of carbonyl (C=O) groups excluding carboxylic acids is 1. The third-order valence-corrected chi connectivity index (χ3v) is 5.89. The molecule has 0 fully saturated rings. The topological polar surface area (TPSA) is 110 Å². The number of nitrogens with one attached hydrogen (secondary N) is 2. The molecule has 0 saturated heterocycles. The van der Waals surface area contributed by atoms with Crippen molar-refractivity contribution in [1.29, 1.82) is 0 Å². The molecule has 2 aromatic carbocycles. The average Bonchev–Trinajstić information content (AvgIpc) is 3.39. The summed E-state index contributed by atoms with van der Waals surface area (Å²) in [7, 11) is 0. The van der Waals surface area contributed by atoms with Crippen molar-refractivity contribution >= 4 is 22.8 Å². The molecule has 0 radical (unpaired) electrons. The van der Waals surface area contributed by atoms with E-state index in [-0.39, 0.29) is 17.4 Å². The second-order valence-corrected chi connectivity index (χ2v) is 8.25. The summed E-state index contributed by atoms with van der Waals surface area (Å²) in [6.45, 7) is 7.70. The van der Waals surface area contributed by atoms with Gasteiger partial charge in [0, 0.05) is 11.6 Å². The van der Waals surface area contributed by atoms with Crippen LogP contribution in [0.3, 0.4) is 0 Å². The highest BCUT2D eigenvalue weighted by atomic mass is 16.2. The Morgan fingerprint density at radius 3 is 2.53 bits per heavy atom. The summed E-state index contributed by atoms with van der Waals surface area (Å²) < 4.78 is 3.07. The Bertz CT molecular complexity index is 1620. The fourth-order valence-corrected chi connectivity index (χ4v) is 3.91. The lowest BCUT2D eigenvalue weighted by molar-refractivity contribution is 0.102. The molecule has 0 bridgehead atoms. The van der Waals surface area contributed by atoms with E-state index >= 15 is 0 Å². The largest absolute Gasteiger partial charge is 0.306 e. The number of nitrogens with zero attached hydrogens (tertiary/aromatic N) is 5. The van der Waals surface area contributed by atoms with E-state index in [0.29, 0.717) is 28.1 Å². The number of anilines is 1. The van der Waals surface area contributed by atoms with Crippen LogP contribution in [-0.4, -0.2) is 35.4 Å². The zero-order valence-electron chi connectivity index (χ0n) is 19.2. The van der Waals surface area contributed by atoms with Gasteiger partial charge in [-0.15, -0.1) is 0 Å². The quantitative estimate of drug-likeness (QED) is 0.430. The first-order chi connectivity index (χ1) is 16.3. The van der Waals surface area contributed by atoms with Crippen LogP contribution in [0.25, 0.3) is 22.7 Å². The Labute approximate surface area is 195 Å². The van der Waals surface area contributed by atoms with E-state index in [9.17, 15) is 9.59 Å². The molecule has 3 heterocycles. The standard InChI is InChI=1S/C25H23N7O2/c1-14-9-7-11-20(17(14)4)31-22-19(13-26-31)24(34)29-25(28-22)32-21(12-16(3)30-32)27-23(33)18-10-6-5-8-15(18)2/h5-13H,1-4H3,(H,27,33)(H,28,29,34). The fourth-order valence-electron chi connectivity index (χ4n) is 3.91. The minimum absolute atomic E-state index is 0.178. The zero-order valence-corrected chi connectivity index (χ0v) is 19.2. The Hall–Kier alpha value is -4.53. The fraction of sp³-hybridized carbons (Fsp3) is 0.160. The summed E-state index contributed by atoms with van der Waals surface area (Å²) in [5, 5.41) is 12.1. The van der Waals surface area contributed by atoms with Gasteiger partial charge in [0.05, 0.1) is 17.6 Å². The third kappa shape index (κ3) is 3.57. The van der Waals surface area contributed by atoms with E-state index in [0.717, 1.165) is 22.4 Å². The van der Waals surface area contributed by atoms with Crippen LogP contribution in [0.5, 0.6) is 0 Å². The van der Waals surface area contributed by atoms with Crippen LogP contribution in [-0.2, 0) is 0 Å². The van der Waals surface area contributed by atoms with Crippen molar-refractivity contribution in [1.82, 2.24) is 29.5 Å². The highest BCUT2D eigenvalue weighted by molar-refractivity contribution is 6.05. The molecule has 170 valence electrons. The molecule has 0 aliphatic heterocycles. The molecule has 0 saturated carbocycles. The van der Waals surface area contributed by atoms with E-state index in [4.69, 9.17) is 0 Å². The Morgan fingerprint density at radius 1 is 0.971 bits per heavy atom. The number of rotatable bonds is 4. The van der Waals surface area contributed by atoms with E-state index in [1.165, 1.54) is 10.9 Å². The molecule has 0 aliphatic rings. The van der Waals surface area contributed by atoms with E-state index < -0.39 is 0 Å². The van der Waals surface area contributed by atoms with Gasteiger partial charge in [-0.1, -0.05) is 30.3 Å². The van der Waals surface area contributed by atoms with Crippen molar-refractivity contribution in [2.45, 2.75) is 27.7 Å². The predicted molar refractivity (Wildman–Crippen MR) is 130 cm³/mol. The second-order valence-electron chi connectivity index (χ2n) is 8.25. The lowest BCUT2D eigenvalue weighted by atomic mass is 10.1. The maximum absolute atomic E-state index is 12.9. The number of aromatic amines is 1. The number of benzene rings is 2. The number of amides is 1. The van der Waals surface area contributed by atoms with Crippen molar-refractivity contribution < 1.29 is 4.79 Å². The molecule has 0 aliphatic carbocycles. The van der Waals surface area contributed by atoms with Crippen molar-refractivity contribution in [2.24, 2.45) is 0 Å². The highest BCUT2D eigenvalue weighted by Crippen LogP contribution is 2.22. The molecule has 9 heteroatoms. The van der Waals surface area contributed by atoms with Crippen molar-refractivity contribution in [3.63, 3.8) is 0 Å². The monoisotopic (exact) mass is 453 g/mol. The average molecular weight is 454 g/mol. The molecule has 0 atom stereocenters. The molecule has 0 spiro atoms. The van der Waals surface area contributed by atoms with Crippen LogP contribution in [0, 0.1) is 27.7 Å². The predicted octanol–water partition coefficient (Wildman–Crippen LogP) is 3.78. The Kier molecular flexibility index (Phi) is 5.09. The van der Waals surface area contributed by atoms with Gasteiger partial charge >= 0.3 is 0 Å². The van der Waals surface area contributed by atoms with E-state index in [2.05, 4.69) is 25.5 Å². The first-order valence-electron chi connectivity index (χ1n) is 10.8. The molecule has 1 amide bonds. The van der Waals surface area contributed by atoms with Gasteiger partial charge in [0.25, 0.3) is 11.5 Å². The highest BCUT2D eigenvalue weighted by Gasteiger charge is 2.18. The molecule has 5 aromatic rings. The smallest absolute Gasteiger partial charge is 0.263 e. The summed E-state index contributed by atoms with van der Waals surface area (Å²) in [4.78, 5) is 33.3. The molecule has 2 N–H and O–H groups in total. The second kappa shape index (κ2) is 8.11. The van der Waals surface area contributed by atoms with Gasteiger partial charge in [0.15, 0.2) is 5.65 Å². The maximum atomic E-state index is 12.9. The van der Waals surface area contributed by atoms with Crippen LogP contribution in [0.2, 0.25) is 0 Å². The minimum Gasteiger partial charge on any atom is -0.306 e. The number of hydrogen-bond acceptors (Lipinski definition) is 5. The first kappa shape index (κ1) is 21.3. The number of fused-ring (bicyclic) bond motifs is 1. The summed E-state index contributed by atoms with van der Waals surface area (Å²) in [5.74, 6) is 0.298. The molecule has 0 unspecified atom stereocenters. The van der Waals surface area contributed by atoms with Gasteiger partial charge in [-0.2, -0.15) is 19.9 Å². The van der Waals surface area contributed by atoms with Gasteiger partial charge in [0.1, 0.15) is 11.2 Å². The van der Waals surface area contributed by atoms with Gasteiger partial charge in [-0.05, 0) is 56.5 Å². The van der Waals surface area contributed by atoms with E-state index in [1.807, 2.05) is 57.2 Å². The van der Waals surface area contributed by atoms with E-state index in [1.54, 1.807) is 23.7 Å². The lowest BCUT2D eigenvalue weighted by Crippen LogP contribution is -2.19. The van der Waals surface area contributed by atoms with Crippen LogP contribution in [0.1, 0.15) is 32.7 Å². The third-order valence-electron chi connectivity index (χ3n) is 5.89. The number of aryl methyl sites for hydroxylation is 3. The summed E-state index contributed by atoms with van der Waals surface area (Å²) in [6, 6.07) is 14.9. The van der Waals surface area contributed by atoms with Crippen molar-refractivity contribution in [3.05, 3.63) is 93.0 Å². The van der Waals surface area contributed by atoms with Gasteiger partial charge in [0.2, 0.25) is 5.95 Å². The first-order valence-corrected chi connectivity index (χ1v) is 10.8. The summed E-state index contributed by atoms with van der Waals surface area (Å²) in [6.07, 6.45) is 1.50. The lowest BCUT2D eigenvalue weighted by Gasteiger charge is -2.11. The number of H-pyrrole nitrogens is 1. The molecular weight excluding hydrogens is 430 g/mol. The number of carbonyl (C=O) groups is 1. The SMILES string of the molecule is Cc1cc(NC(=O)c2ccccc2C)n(-c2nc3c(cnn3-c3cccc(C)c3C)c(=O)[nH]2)n1. The summed E-state index contributed by atoms with van der Waals surface area (Å²) in [5.41, 5.74) is 5.10. The zero-order chi connectivity index (χ0) is 24.0. The summed E-state index contributed by atoms with van der Waals surface area (Å²) >= 11 is 0. The van der Waals surface area contributed by atoms with Crippen LogP contribution in [0.15, 0.2) is 59.5 Å². The molecule has 5 rings (SSSR count). The minimum atomic E-state index is -0.346. The Morgan fingerprint density at radius 2 is 1.74 bits per heavy atom. The maximum Gasteiger partial charge on any atom is 0.263 e. The number of hydrogen-bond donors (Lipinski definition) is 2. The van der Waals surface area contributed by atoms with Crippen LogP contribution in [0.4, 0.5) is 5.82 Å². The molecule has 9 nitrogen and oxygen atoms in total. The molecule has 3 aromatic heterocycles. The van der Waals surface area contributed by atoms with Gasteiger partial charge in [-0.25, -0.2) is 4.68 Å². The Balaban J connectivity index is 1.62. The molecular formula is C25H23N7O2. The van der Waals surface area contributed by atoms with Crippen LogP contribution >= 0.6 is 0 Å². The van der Waals surface area contributed by atoms with Gasteiger partial charge in [-0.3, -0.25) is 14.6 Å².